The van der Waals surface area contributed by atoms with Gasteiger partial charge in [0.1, 0.15) is 0 Å². The van der Waals surface area contributed by atoms with Gasteiger partial charge in [-0.05, 0) is 136 Å². The van der Waals surface area contributed by atoms with Gasteiger partial charge in [-0.25, -0.2) is 0 Å². The lowest BCUT2D eigenvalue weighted by Gasteiger charge is -2.34. The number of para-hydroxylation sites is 1. The minimum Gasteiger partial charge on any atom is -0.310 e. The van der Waals surface area contributed by atoms with Gasteiger partial charge in [0, 0.05) is 16.9 Å². The molecule has 12 aromatic rings. The summed E-state index contributed by atoms with van der Waals surface area (Å²) in [6, 6.07) is 105. The molecule has 0 fully saturated rings. The van der Waals surface area contributed by atoms with E-state index in [0.717, 1.165) is 22.6 Å². The predicted molar refractivity (Wildman–Crippen MR) is 295 cm³/mol. The van der Waals surface area contributed by atoms with Crippen LogP contribution in [0.4, 0.5) is 17.1 Å². The molecule has 0 atom stereocenters. The molecule has 0 bridgehead atoms. The summed E-state index contributed by atoms with van der Waals surface area (Å²) in [4.78, 5) is 2.44. The fraction of sp³-hybridized carbons (Fsp3) is 0.0145. The maximum Gasteiger partial charge on any atom is 0.0713 e. The summed E-state index contributed by atoms with van der Waals surface area (Å²) in [5.41, 5.74) is 20.0. The van der Waals surface area contributed by atoms with Gasteiger partial charge in [0.2, 0.25) is 0 Å². The van der Waals surface area contributed by atoms with Crippen molar-refractivity contribution in [2.75, 3.05) is 4.90 Å². The molecule has 0 aliphatic heterocycles. The van der Waals surface area contributed by atoms with E-state index in [1.54, 1.807) is 0 Å². The highest BCUT2D eigenvalue weighted by Gasteiger charge is 2.47. The molecule has 328 valence electrons. The van der Waals surface area contributed by atoms with Crippen molar-refractivity contribution in [3.8, 4) is 55.6 Å². The first-order valence-electron chi connectivity index (χ1n) is 24.2. The van der Waals surface area contributed by atoms with Gasteiger partial charge in [0.05, 0.1) is 11.1 Å². The van der Waals surface area contributed by atoms with Gasteiger partial charge in [0.25, 0.3) is 0 Å². The van der Waals surface area contributed by atoms with Gasteiger partial charge in [-0.1, -0.05) is 243 Å². The normalized spacial score (nSPS) is 12.4. The topological polar surface area (TPSA) is 3.24 Å². The maximum absolute atomic E-state index is 2.44. The summed E-state index contributed by atoms with van der Waals surface area (Å²) in [6.45, 7) is 0. The fourth-order valence-electron chi connectivity index (χ4n) is 11.2. The van der Waals surface area contributed by atoms with Crippen LogP contribution in [0.2, 0.25) is 0 Å². The third kappa shape index (κ3) is 6.94. The van der Waals surface area contributed by atoms with E-state index >= 15 is 0 Å². The molecule has 1 aliphatic rings. The van der Waals surface area contributed by atoms with Crippen LogP contribution in [0.1, 0.15) is 22.3 Å². The van der Waals surface area contributed by atoms with Crippen LogP contribution in [-0.2, 0) is 5.41 Å². The Morgan fingerprint density at radius 3 is 1.17 bits per heavy atom. The summed E-state index contributed by atoms with van der Waals surface area (Å²) >= 11 is 0. The Kier molecular flexibility index (Phi) is 10.1. The van der Waals surface area contributed by atoms with E-state index in [0.29, 0.717) is 0 Å². The van der Waals surface area contributed by atoms with E-state index in [1.165, 1.54) is 93.9 Å². The number of rotatable bonds is 9. The molecular formula is C69H47N. The highest BCUT2D eigenvalue weighted by Crippen LogP contribution is 2.59. The first-order valence-corrected chi connectivity index (χ1v) is 24.2. The van der Waals surface area contributed by atoms with Gasteiger partial charge < -0.3 is 4.90 Å². The molecule has 0 amide bonds. The Balaban J connectivity index is 0.947. The molecular weight excluding hydrogens is 843 g/mol. The fourth-order valence-corrected chi connectivity index (χ4v) is 11.2. The lowest BCUT2D eigenvalue weighted by atomic mass is 9.67. The summed E-state index contributed by atoms with van der Waals surface area (Å²) in [5.74, 6) is 0. The van der Waals surface area contributed by atoms with Gasteiger partial charge in [-0.2, -0.15) is 0 Å². The molecule has 0 heterocycles. The van der Waals surface area contributed by atoms with Crippen molar-refractivity contribution in [3.63, 3.8) is 0 Å². The van der Waals surface area contributed by atoms with E-state index in [4.69, 9.17) is 0 Å². The molecule has 0 radical (unpaired) electrons. The SMILES string of the molecule is c1ccc(C2(c3ccccc3)c3ccccc3-c3c(-c4ccccc4N(c4ccc(-c5ccc(-c6ccc7ccccc7c6)cc5)cc4)c4ccc(-c5ccc6ccccc6c5)cc4)cccc32)cc1. The molecule has 1 aliphatic carbocycles. The standard InChI is InChI=1S/C69H47N/c1-3-20-58(21-4-1)69(59-22-5-2-6-23-59)65-27-13-11-25-64(65)68-63(26-15-28-66(68)69)62-24-12-14-29-67(62)70(61-44-40-53(41-45-61)57-37-35-49-17-8-10-19-55(49)47-57)60-42-38-51(39-43-60)50-30-32-52(33-31-50)56-36-34-48-16-7-9-18-54(48)46-56/h1-47H. The van der Waals surface area contributed by atoms with Crippen molar-refractivity contribution in [1.82, 2.24) is 0 Å². The Bertz CT molecular complexity index is 3810. The van der Waals surface area contributed by atoms with Crippen molar-refractivity contribution in [2.24, 2.45) is 0 Å². The van der Waals surface area contributed by atoms with E-state index in [1.807, 2.05) is 0 Å². The number of nitrogens with zero attached hydrogens (tertiary/aromatic N) is 1. The number of hydrogen-bond donors (Lipinski definition) is 0. The molecule has 13 rings (SSSR count). The molecule has 12 aromatic carbocycles. The summed E-state index contributed by atoms with van der Waals surface area (Å²) in [5, 5.41) is 4.99. The van der Waals surface area contributed by atoms with Crippen LogP contribution >= 0.6 is 0 Å². The summed E-state index contributed by atoms with van der Waals surface area (Å²) < 4.78 is 0. The molecule has 0 unspecified atom stereocenters. The molecule has 0 aromatic heterocycles. The van der Waals surface area contributed by atoms with Crippen LogP contribution in [0, 0.1) is 0 Å². The molecule has 0 saturated carbocycles. The third-order valence-corrected chi connectivity index (χ3v) is 14.6. The van der Waals surface area contributed by atoms with Crippen molar-refractivity contribution >= 4 is 38.6 Å². The molecule has 1 heteroatoms. The van der Waals surface area contributed by atoms with Gasteiger partial charge in [-0.3, -0.25) is 0 Å². The van der Waals surface area contributed by atoms with Crippen LogP contribution in [0.25, 0.3) is 77.2 Å². The highest BCUT2D eigenvalue weighted by atomic mass is 15.1. The van der Waals surface area contributed by atoms with Crippen LogP contribution < -0.4 is 4.90 Å². The Hall–Kier alpha value is -9.04. The zero-order valence-electron chi connectivity index (χ0n) is 38.6. The summed E-state index contributed by atoms with van der Waals surface area (Å²) in [6.07, 6.45) is 0. The molecule has 70 heavy (non-hydrogen) atoms. The molecule has 0 spiro atoms. The van der Waals surface area contributed by atoms with Crippen molar-refractivity contribution in [2.45, 2.75) is 5.41 Å². The first kappa shape index (κ1) is 41.2. The predicted octanol–water partition coefficient (Wildman–Crippen LogP) is 18.5. The van der Waals surface area contributed by atoms with E-state index < -0.39 is 5.41 Å². The Morgan fingerprint density at radius 2 is 0.629 bits per heavy atom. The third-order valence-electron chi connectivity index (χ3n) is 14.6. The molecule has 0 N–H and O–H groups in total. The highest BCUT2D eigenvalue weighted by molar-refractivity contribution is 6.00. The maximum atomic E-state index is 2.44. The lowest BCUT2D eigenvalue weighted by Crippen LogP contribution is -2.28. The minimum atomic E-state index is -0.499. The second-order valence-electron chi connectivity index (χ2n) is 18.4. The second-order valence-corrected chi connectivity index (χ2v) is 18.4. The van der Waals surface area contributed by atoms with E-state index in [2.05, 4.69) is 290 Å². The van der Waals surface area contributed by atoms with Gasteiger partial charge >= 0.3 is 0 Å². The zero-order valence-corrected chi connectivity index (χ0v) is 38.6. The lowest BCUT2D eigenvalue weighted by molar-refractivity contribution is 0.768. The van der Waals surface area contributed by atoms with Crippen molar-refractivity contribution in [1.29, 1.82) is 0 Å². The Labute approximate surface area is 409 Å². The second kappa shape index (κ2) is 17.2. The van der Waals surface area contributed by atoms with Gasteiger partial charge in [-0.15, -0.1) is 0 Å². The quantitative estimate of drug-likeness (QED) is 0.140. The van der Waals surface area contributed by atoms with Crippen LogP contribution in [0.3, 0.4) is 0 Å². The average Bonchev–Trinajstić information content (AvgIpc) is 3.75. The molecule has 1 nitrogen and oxygen atoms in total. The number of fused-ring (bicyclic) bond motifs is 5. The first-order chi connectivity index (χ1) is 34.7. The minimum absolute atomic E-state index is 0.499. The number of benzene rings is 12. The largest absolute Gasteiger partial charge is 0.310 e. The monoisotopic (exact) mass is 889 g/mol. The summed E-state index contributed by atoms with van der Waals surface area (Å²) in [7, 11) is 0. The number of hydrogen-bond acceptors (Lipinski definition) is 1. The zero-order chi connectivity index (χ0) is 46.4. The van der Waals surface area contributed by atoms with Crippen molar-refractivity contribution in [3.05, 3.63) is 307 Å². The number of anilines is 3. The van der Waals surface area contributed by atoms with Crippen molar-refractivity contribution < 1.29 is 0 Å². The van der Waals surface area contributed by atoms with Gasteiger partial charge in [0.15, 0.2) is 0 Å². The smallest absolute Gasteiger partial charge is 0.0713 e. The van der Waals surface area contributed by atoms with E-state index in [9.17, 15) is 0 Å². The average molecular weight is 890 g/mol. The molecule has 0 saturated heterocycles. The van der Waals surface area contributed by atoms with Crippen LogP contribution in [-0.4, -0.2) is 0 Å². The van der Waals surface area contributed by atoms with Crippen LogP contribution in [0.15, 0.2) is 285 Å². The van der Waals surface area contributed by atoms with E-state index in [-0.39, 0.29) is 0 Å². The Morgan fingerprint density at radius 1 is 0.243 bits per heavy atom. The van der Waals surface area contributed by atoms with Crippen LogP contribution in [0.5, 0.6) is 0 Å².